The van der Waals surface area contributed by atoms with Crippen LogP contribution in [0.15, 0.2) is 12.4 Å². The predicted molar refractivity (Wildman–Crippen MR) is 62.7 cm³/mol. The van der Waals surface area contributed by atoms with Crippen LogP contribution in [-0.4, -0.2) is 40.6 Å². The lowest BCUT2D eigenvalue weighted by molar-refractivity contribution is 0.282. The third-order valence-electron chi connectivity index (χ3n) is 2.47. The number of imidazole rings is 1. The summed E-state index contributed by atoms with van der Waals surface area (Å²) in [5.74, 6) is 1.11. The Labute approximate surface area is 92.3 Å². The summed E-state index contributed by atoms with van der Waals surface area (Å²) < 4.78 is 2.06. The Bertz CT molecular complexity index is 282. The van der Waals surface area contributed by atoms with Gasteiger partial charge in [0.25, 0.3) is 0 Å². The van der Waals surface area contributed by atoms with Gasteiger partial charge < -0.3 is 9.88 Å². The summed E-state index contributed by atoms with van der Waals surface area (Å²) in [6.07, 6.45) is 3.83. The molecule has 0 saturated heterocycles. The van der Waals surface area contributed by atoms with Crippen LogP contribution < -0.4 is 5.32 Å². The first-order valence-electron chi connectivity index (χ1n) is 5.51. The Morgan fingerprint density at radius 1 is 1.60 bits per heavy atom. The van der Waals surface area contributed by atoms with E-state index in [-0.39, 0.29) is 0 Å². The smallest absolute Gasteiger partial charge is 0.122 e. The quantitative estimate of drug-likeness (QED) is 0.755. The lowest BCUT2D eigenvalue weighted by atomic mass is 10.3. The van der Waals surface area contributed by atoms with Crippen molar-refractivity contribution in [3.63, 3.8) is 0 Å². The number of nitrogens with zero attached hydrogens (tertiary/aromatic N) is 3. The zero-order chi connectivity index (χ0) is 11.3. The fourth-order valence-electron chi connectivity index (χ4n) is 1.74. The number of aryl methyl sites for hydroxylation is 1. The van der Waals surface area contributed by atoms with Crippen LogP contribution in [0.5, 0.6) is 0 Å². The molecule has 15 heavy (non-hydrogen) atoms. The molecule has 0 radical (unpaired) electrons. The fraction of sp³-hybridized carbons (Fsp3) is 0.727. The second kappa shape index (κ2) is 5.88. The summed E-state index contributed by atoms with van der Waals surface area (Å²) in [7, 11) is 4.16. The second-order valence-corrected chi connectivity index (χ2v) is 4.11. The Morgan fingerprint density at radius 2 is 2.33 bits per heavy atom. The summed E-state index contributed by atoms with van der Waals surface area (Å²) in [6.45, 7) is 7.31. The molecular weight excluding hydrogens is 188 g/mol. The number of likely N-dealkylation sites (N-methyl/N-ethyl adjacent to an activating group) is 2. The molecule has 1 rings (SSSR count). The maximum atomic E-state index is 4.31. The second-order valence-electron chi connectivity index (χ2n) is 4.11. The molecule has 1 aromatic rings. The van der Waals surface area contributed by atoms with E-state index in [1.165, 1.54) is 0 Å². The number of aromatic nitrogens is 2. The van der Waals surface area contributed by atoms with Gasteiger partial charge in [-0.1, -0.05) is 6.92 Å². The summed E-state index contributed by atoms with van der Waals surface area (Å²) >= 11 is 0. The molecule has 1 atom stereocenters. The molecule has 0 aliphatic carbocycles. The Balaban J connectivity index is 2.36. The first-order chi connectivity index (χ1) is 7.13. The van der Waals surface area contributed by atoms with Crippen molar-refractivity contribution >= 4 is 0 Å². The van der Waals surface area contributed by atoms with E-state index >= 15 is 0 Å². The van der Waals surface area contributed by atoms with E-state index in [1.54, 1.807) is 0 Å². The van der Waals surface area contributed by atoms with Gasteiger partial charge in [-0.3, -0.25) is 4.90 Å². The maximum Gasteiger partial charge on any atom is 0.122 e. The molecule has 1 N–H and O–H groups in total. The van der Waals surface area contributed by atoms with E-state index < -0.39 is 0 Å². The van der Waals surface area contributed by atoms with Gasteiger partial charge in [0, 0.05) is 32.0 Å². The van der Waals surface area contributed by atoms with Gasteiger partial charge in [0.2, 0.25) is 0 Å². The fourth-order valence-corrected chi connectivity index (χ4v) is 1.74. The number of hydrogen-bond donors (Lipinski definition) is 1. The van der Waals surface area contributed by atoms with E-state index in [0.29, 0.717) is 6.04 Å². The largest absolute Gasteiger partial charge is 0.337 e. The molecule has 0 saturated carbocycles. The van der Waals surface area contributed by atoms with Crippen LogP contribution in [-0.2, 0) is 13.6 Å². The van der Waals surface area contributed by atoms with Gasteiger partial charge in [-0.15, -0.1) is 0 Å². The van der Waals surface area contributed by atoms with Gasteiger partial charge in [-0.25, -0.2) is 4.98 Å². The molecule has 0 aromatic carbocycles. The Hall–Kier alpha value is -0.870. The number of hydrogen-bond acceptors (Lipinski definition) is 3. The van der Waals surface area contributed by atoms with Crippen molar-refractivity contribution in [2.45, 2.75) is 26.4 Å². The van der Waals surface area contributed by atoms with E-state index in [4.69, 9.17) is 0 Å². The molecule has 1 aromatic heterocycles. The van der Waals surface area contributed by atoms with E-state index in [0.717, 1.165) is 25.5 Å². The monoisotopic (exact) mass is 210 g/mol. The minimum absolute atomic E-state index is 0.528. The highest BCUT2D eigenvalue weighted by Crippen LogP contribution is 1.99. The van der Waals surface area contributed by atoms with Gasteiger partial charge in [-0.05, 0) is 20.5 Å². The van der Waals surface area contributed by atoms with Gasteiger partial charge in [0.1, 0.15) is 5.82 Å². The normalized spacial score (nSPS) is 13.4. The van der Waals surface area contributed by atoms with Crippen LogP contribution in [0, 0.1) is 0 Å². The molecule has 1 unspecified atom stereocenters. The van der Waals surface area contributed by atoms with Crippen molar-refractivity contribution in [2.24, 2.45) is 7.05 Å². The highest BCUT2D eigenvalue weighted by molar-refractivity contribution is 4.90. The Kier molecular flexibility index (Phi) is 4.78. The SMILES string of the molecule is CCNC(C)CN(C)Cc1nccn1C. The summed E-state index contributed by atoms with van der Waals surface area (Å²) in [5.41, 5.74) is 0. The van der Waals surface area contributed by atoms with Gasteiger partial charge >= 0.3 is 0 Å². The number of nitrogens with one attached hydrogen (secondary N) is 1. The van der Waals surface area contributed by atoms with Crippen LogP contribution >= 0.6 is 0 Å². The molecule has 86 valence electrons. The van der Waals surface area contributed by atoms with Gasteiger partial charge in [0.15, 0.2) is 0 Å². The summed E-state index contributed by atoms with van der Waals surface area (Å²) in [5, 5.41) is 3.40. The molecule has 4 nitrogen and oxygen atoms in total. The topological polar surface area (TPSA) is 33.1 Å². The number of rotatable bonds is 6. The zero-order valence-electron chi connectivity index (χ0n) is 10.2. The van der Waals surface area contributed by atoms with Crippen LogP contribution in [0.4, 0.5) is 0 Å². The predicted octanol–water partition coefficient (Wildman–Crippen LogP) is 0.850. The minimum Gasteiger partial charge on any atom is -0.337 e. The van der Waals surface area contributed by atoms with Crippen molar-refractivity contribution in [1.82, 2.24) is 19.8 Å². The summed E-state index contributed by atoms with van der Waals surface area (Å²) in [6, 6.07) is 0.528. The minimum atomic E-state index is 0.528. The highest BCUT2D eigenvalue weighted by Gasteiger charge is 2.07. The summed E-state index contributed by atoms with van der Waals surface area (Å²) in [4.78, 5) is 6.60. The van der Waals surface area contributed by atoms with E-state index in [2.05, 4.69) is 40.7 Å². The molecule has 0 spiro atoms. The van der Waals surface area contributed by atoms with Gasteiger partial charge in [0.05, 0.1) is 6.54 Å². The maximum absolute atomic E-state index is 4.31. The van der Waals surface area contributed by atoms with Crippen LogP contribution in [0.2, 0.25) is 0 Å². The third-order valence-corrected chi connectivity index (χ3v) is 2.47. The first-order valence-corrected chi connectivity index (χ1v) is 5.51. The highest BCUT2D eigenvalue weighted by atomic mass is 15.2. The molecule has 0 aliphatic heterocycles. The molecule has 1 heterocycles. The lowest BCUT2D eigenvalue weighted by Crippen LogP contribution is -2.37. The lowest BCUT2D eigenvalue weighted by Gasteiger charge is -2.21. The molecular formula is C11H22N4. The van der Waals surface area contributed by atoms with Crippen molar-refractivity contribution in [3.05, 3.63) is 18.2 Å². The van der Waals surface area contributed by atoms with E-state index in [1.807, 2.05) is 19.4 Å². The van der Waals surface area contributed by atoms with Crippen molar-refractivity contribution in [1.29, 1.82) is 0 Å². The molecule has 0 aliphatic rings. The van der Waals surface area contributed by atoms with Crippen LogP contribution in [0.3, 0.4) is 0 Å². The molecule has 4 heteroatoms. The zero-order valence-corrected chi connectivity index (χ0v) is 10.2. The average Bonchev–Trinajstić information content (AvgIpc) is 2.52. The molecule has 0 bridgehead atoms. The van der Waals surface area contributed by atoms with Crippen molar-refractivity contribution < 1.29 is 0 Å². The van der Waals surface area contributed by atoms with Gasteiger partial charge in [-0.2, -0.15) is 0 Å². The molecule has 0 amide bonds. The van der Waals surface area contributed by atoms with Crippen molar-refractivity contribution in [2.75, 3.05) is 20.1 Å². The first kappa shape index (κ1) is 12.2. The average molecular weight is 210 g/mol. The third kappa shape index (κ3) is 4.01. The Morgan fingerprint density at radius 3 is 2.87 bits per heavy atom. The standard InChI is InChI=1S/C11H22N4/c1-5-12-10(2)8-14(3)9-11-13-6-7-15(11)4/h6-7,10,12H,5,8-9H2,1-4H3. The van der Waals surface area contributed by atoms with E-state index in [9.17, 15) is 0 Å². The molecule has 0 fully saturated rings. The van der Waals surface area contributed by atoms with Crippen molar-refractivity contribution in [3.8, 4) is 0 Å². The van der Waals surface area contributed by atoms with Crippen LogP contribution in [0.25, 0.3) is 0 Å². The van der Waals surface area contributed by atoms with Crippen LogP contribution in [0.1, 0.15) is 19.7 Å².